The van der Waals surface area contributed by atoms with Crippen LogP contribution in [0.4, 0.5) is 18.9 Å². The fraction of sp³-hybridized carbons (Fsp3) is 0.231. The van der Waals surface area contributed by atoms with Gasteiger partial charge in [-0.3, -0.25) is 20.4 Å². The molecule has 1 atom stereocenters. The minimum Gasteiger partial charge on any atom is -0.487 e. The van der Waals surface area contributed by atoms with E-state index in [1.807, 2.05) is 13.8 Å². The van der Waals surface area contributed by atoms with Crippen molar-refractivity contribution in [2.24, 2.45) is 10.7 Å². The molecule has 5 rings (SSSR count). The van der Waals surface area contributed by atoms with Crippen LogP contribution in [-0.4, -0.2) is 47.7 Å². The Labute approximate surface area is 236 Å². The van der Waals surface area contributed by atoms with E-state index in [0.29, 0.717) is 34.1 Å². The number of thiophene rings is 1. The summed E-state index contributed by atoms with van der Waals surface area (Å²) in [6.07, 6.45) is -5.16. The SMILES string of the molecule is CC(C)Oc1ccc2cc1OC/N=C(/N)c1ccc(cc1)NC2C(=O)NNC(=O)c1ccsc1.O=C(O)C(F)(F)F. The standard InChI is InChI=1S/C24H25N5O4S.C2HF3O2/c1-14(2)33-19-8-5-16-11-20(19)32-13-26-22(25)15-3-6-18(7-4-15)27-21(16)24(31)29-28-23(30)17-9-10-34-12-17;3-2(4,5)1(6)7/h3-12,14,21,27H,13H2,1-2H3,(H2,25,26)(H,28,30)(H,29,31);(H,6,7). The number of amidine groups is 1. The van der Waals surface area contributed by atoms with Crippen LogP contribution in [-0.2, 0) is 9.59 Å². The Kier molecular flexibility index (Phi) is 10.1. The summed E-state index contributed by atoms with van der Waals surface area (Å²) in [5.74, 6) is -2.34. The molecule has 2 amide bonds. The van der Waals surface area contributed by atoms with E-state index in [-0.39, 0.29) is 12.8 Å². The van der Waals surface area contributed by atoms with Crippen LogP contribution in [0.3, 0.4) is 0 Å². The molecule has 2 aromatic carbocycles. The lowest BCUT2D eigenvalue weighted by Gasteiger charge is -2.22. The lowest BCUT2D eigenvalue weighted by Crippen LogP contribution is -2.45. The van der Waals surface area contributed by atoms with Gasteiger partial charge < -0.3 is 25.6 Å². The Hall–Kier alpha value is -4.79. The average molecular weight is 594 g/mol. The Morgan fingerprint density at radius 1 is 1.15 bits per heavy atom. The summed E-state index contributed by atoms with van der Waals surface area (Å²) in [5, 5.41) is 13.8. The number of aliphatic imine (C=N–C) groups is 1. The summed E-state index contributed by atoms with van der Waals surface area (Å²) in [6, 6.07) is 13.3. The first-order valence-corrected chi connectivity index (χ1v) is 12.8. The van der Waals surface area contributed by atoms with Crippen molar-refractivity contribution < 1.29 is 42.1 Å². The maximum absolute atomic E-state index is 13.2. The molecule has 11 nitrogen and oxygen atoms in total. The van der Waals surface area contributed by atoms with Gasteiger partial charge >= 0.3 is 12.1 Å². The molecule has 0 spiro atoms. The van der Waals surface area contributed by atoms with E-state index >= 15 is 0 Å². The second-order valence-electron chi connectivity index (χ2n) is 8.60. The normalized spacial score (nSPS) is 15.7. The highest BCUT2D eigenvalue weighted by Gasteiger charge is 2.38. The predicted molar refractivity (Wildman–Crippen MR) is 145 cm³/mol. The zero-order valence-corrected chi connectivity index (χ0v) is 22.5. The number of ether oxygens (including phenoxy) is 2. The smallest absolute Gasteiger partial charge is 0.487 e. The van der Waals surface area contributed by atoms with E-state index in [2.05, 4.69) is 21.2 Å². The van der Waals surface area contributed by atoms with E-state index in [1.165, 1.54) is 11.3 Å². The number of hydrogen-bond donors (Lipinski definition) is 5. The van der Waals surface area contributed by atoms with Crippen LogP contribution in [0.5, 0.6) is 11.5 Å². The number of nitrogens with zero attached hydrogens (tertiary/aromatic N) is 1. The molecule has 1 unspecified atom stereocenters. The number of aliphatic carboxylic acids is 1. The summed E-state index contributed by atoms with van der Waals surface area (Å²) in [7, 11) is 0. The minimum absolute atomic E-state index is 0.0213. The molecule has 4 bridgehead atoms. The number of benzene rings is 2. The van der Waals surface area contributed by atoms with Crippen LogP contribution >= 0.6 is 11.3 Å². The minimum atomic E-state index is -5.08. The van der Waals surface area contributed by atoms with E-state index in [4.69, 9.17) is 25.1 Å². The van der Waals surface area contributed by atoms with Crippen molar-refractivity contribution in [3.05, 3.63) is 76.0 Å². The van der Waals surface area contributed by atoms with Crippen molar-refractivity contribution in [1.82, 2.24) is 10.9 Å². The Bertz CT molecular complexity index is 1400. The number of halogens is 3. The predicted octanol–water partition coefficient (Wildman–Crippen LogP) is 3.84. The summed E-state index contributed by atoms with van der Waals surface area (Å²) in [6.45, 7) is 3.80. The molecule has 41 heavy (non-hydrogen) atoms. The number of alkyl halides is 3. The van der Waals surface area contributed by atoms with Gasteiger partial charge in [-0.25, -0.2) is 9.79 Å². The summed E-state index contributed by atoms with van der Waals surface area (Å²) >= 11 is 1.40. The van der Waals surface area contributed by atoms with E-state index < -0.39 is 30.0 Å². The molecule has 0 radical (unpaired) electrons. The first kappa shape index (κ1) is 30.7. The fourth-order valence-electron chi connectivity index (χ4n) is 3.29. The van der Waals surface area contributed by atoms with Gasteiger partial charge in [0, 0.05) is 16.6 Å². The van der Waals surface area contributed by atoms with Gasteiger partial charge in [0.2, 0.25) is 0 Å². The third kappa shape index (κ3) is 8.86. The number of rotatable bonds is 4. The van der Waals surface area contributed by atoms with E-state index in [0.717, 1.165) is 5.56 Å². The molecule has 2 aliphatic rings. The van der Waals surface area contributed by atoms with Crippen LogP contribution in [0.25, 0.3) is 0 Å². The number of carbonyl (C=O) groups is 3. The number of fused-ring (bicyclic) bond motifs is 5. The first-order valence-electron chi connectivity index (χ1n) is 11.9. The topological polar surface area (TPSA) is 164 Å². The number of hydrazine groups is 1. The van der Waals surface area contributed by atoms with Gasteiger partial charge in [0.05, 0.1) is 11.7 Å². The highest BCUT2D eigenvalue weighted by molar-refractivity contribution is 7.08. The van der Waals surface area contributed by atoms with Gasteiger partial charge in [0.25, 0.3) is 11.8 Å². The van der Waals surface area contributed by atoms with Crippen LogP contribution in [0.1, 0.15) is 41.4 Å². The van der Waals surface area contributed by atoms with Crippen molar-refractivity contribution in [2.75, 3.05) is 12.0 Å². The number of carboxylic acids is 1. The second kappa shape index (κ2) is 13.5. The summed E-state index contributed by atoms with van der Waals surface area (Å²) in [4.78, 5) is 38.7. The Morgan fingerprint density at radius 2 is 1.83 bits per heavy atom. The summed E-state index contributed by atoms with van der Waals surface area (Å²) < 4.78 is 43.4. The lowest BCUT2D eigenvalue weighted by molar-refractivity contribution is -0.192. The Balaban J connectivity index is 0.000000587. The molecule has 0 fully saturated rings. The van der Waals surface area contributed by atoms with Gasteiger partial charge in [-0.2, -0.15) is 24.5 Å². The van der Waals surface area contributed by atoms with Crippen molar-refractivity contribution >= 4 is 40.6 Å². The van der Waals surface area contributed by atoms with Crippen LogP contribution < -0.4 is 31.4 Å². The molecule has 15 heteroatoms. The summed E-state index contributed by atoms with van der Waals surface area (Å²) in [5.41, 5.74) is 13.5. The van der Waals surface area contributed by atoms with Crippen LogP contribution in [0.2, 0.25) is 0 Å². The molecule has 3 heterocycles. The Morgan fingerprint density at radius 3 is 2.41 bits per heavy atom. The maximum Gasteiger partial charge on any atom is 0.490 e. The molecular formula is C26H26F3N5O6S. The van der Waals surface area contributed by atoms with Gasteiger partial charge in [0.15, 0.2) is 18.2 Å². The number of carbonyl (C=O) groups excluding carboxylic acids is 2. The molecule has 0 saturated heterocycles. The molecule has 1 aromatic heterocycles. The third-order valence-corrected chi connectivity index (χ3v) is 5.88. The largest absolute Gasteiger partial charge is 0.490 e. The monoisotopic (exact) mass is 593 g/mol. The maximum atomic E-state index is 13.2. The number of amides is 2. The number of nitrogens with two attached hydrogens (primary N) is 1. The molecule has 0 saturated carbocycles. The van der Waals surface area contributed by atoms with E-state index in [1.54, 1.807) is 59.3 Å². The number of anilines is 1. The lowest BCUT2D eigenvalue weighted by atomic mass is 10.0. The van der Waals surface area contributed by atoms with Gasteiger partial charge in [0.1, 0.15) is 11.9 Å². The van der Waals surface area contributed by atoms with Crippen molar-refractivity contribution in [2.45, 2.75) is 32.2 Å². The second-order valence-corrected chi connectivity index (χ2v) is 9.38. The fourth-order valence-corrected chi connectivity index (χ4v) is 3.93. The quantitative estimate of drug-likeness (QED) is 0.285. The molecule has 2 aliphatic heterocycles. The van der Waals surface area contributed by atoms with Crippen LogP contribution in [0, 0.1) is 0 Å². The van der Waals surface area contributed by atoms with Crippen molar-refractivity contribution in [1.29, 1.82) is 0 Å². The van der Waals surface area contributed by atoms with Crippen molar-refractivity contribution in [3.63, 3.8) is 0 Å². The molecule has 218 valence electrons. The van der Waals surface area contributed by atoms with Crippen molar-refractivity contribution in [3.8, 4) is 11.5 Å². The number of nitrogens with one attached hydrogen (secondary N) is 3. The van der Waals surface area contributed by atoms with Crippen LogP contribution in [0.15, 0.2) is 64.3 Å². The molecule has 3 aromatic rings. The number of carboxylic acid groups (broad SMARTS) is 1. The van der Waals surface area contributed by atoms with Gasteiger partial charge in [-0.05, 0) is 67.3 Å². The molecule has 0 aliphatic carbocycles. The highest BCUT2D eigenvalue weighted by Crippen LogP contribution is 2.33. The average Bonchev–Trinajstić information content (AvgIpc) is 3.46. The molecule has 6 N–H and O–H groups in total. The number of hydrogen-bond acceptors (Lipinski definition) is 9. The van der Waals surface area contributed by atoms with Gasteiger partial charge in [-0.15, -0.1) is 0 Å². The first-order chi connectivity index (χ1) is 19.3. The molecular weight excluding hydrogens is 567 g/mol. The zero-order valence-electron chi connectivity index (χ0n) is 21.7. The van der Waals surface area contributed by atoms with Gasteiger partial charge in [-0.1, -0.05) is 6.07 Å². The third-order valence-electron chi connectivity index (χ3n) is 5.20. The highest BCUT2D eigenvalue weighted by atomic mass is 32.1. The zero-order chi connectivity index (χ0) is 30.2. The van der Waals surface area contributed by atoms with E-state index in [9.17, 15) is 22.8 Å².